The van der Waals surface area contributed by atoms with Crippen molar-refractivity contribution < 1.29 is 19.0 Å². The lowest BCUT2D eigenvalue weighted by Gasteiger charge is -2.29. The van der Waals surface area contributed by atoms with Crippen LogP contribution in [0.2, 0.25) is 0 Å². The van der Waals surface area contributed by atoms with Crippen LogP contribution in [0.15, 0.2) is 48.5 Å². The molecule has 1 saturated heterocycles. The number of hydrogen-bond acceptors (Lipinski definition) is 5. The Morgan fingerprint density at radius 1 is 1.15 bits per heavy atom. The summed E-state index contributed by atoms with van der Waals surface area (Å²) < 4.78 is 16.4. The molecule has 7 heteroatoms. The lowest BCUT2D eigenvalue weighted by Crippen LogP contribution is -2.40. The zero-order valence-corrected chi connectivity index (χ0v) is 16.0. The third kappa shape index (κ3) is 5.18. The fourth-order valence-electron chi connectivity index (χ4n) is 2.73. The maximum absolute atomic E-state index is 12.1. The van der Waals surface area contributed by atoms with E-state index in [0.29, 0.717) is 24.7 Å². The molecule has 0 atom stereocenters. The molecule has 1 fully saturated rings. The van der Waals surface area contributed by atoms with Gasteiger partial charge in [-0.05, 0) is 30.3 Å². The Kier molecular flexibility index (Phi) is 6.62. The number of nitrogens with one attached hydrogen (secondary N) is 1. The van der Waals surface area contributed by atoms with E-state index in [2.05, 4.69) is 10.2 Å². The van der Waals surface area contributed by atoms with Crippen LogP contribution in [0.25, 0.3) is 0 Å². The highest BCUT2D eigenvalue weighted by Gasteiger charge is 2.17. The molecule has 1 heterocycles. The zero-order valence-electron chi connectivity index (χ0n) is 15.1. The molecule has 1 amide bonds. The van der Waals surface area contributed by atoms with E-state index in [1.165, 1.54) is 0 Å². The first-order valence-electron chi connectivity index (χ1n) is 8.70. The summed E-state index contributed by atoms with van der Waals surface area (Å²) >= 11 is 5.58. The van der Waals surface area contributed by atoms with Crippen molar-refractivity contribution in [1.82, 2.24) is 4.90 Å². The van der Waals surface area contributed by atoms with Gasteiger partial charge in [-0.15, -0.1) is 0 Å². The average Bonchev–Trinajstić information content (AvgIpc) is 2.73. The summed E-state index contributed by atoms with van der Waals surface area (Å²) in [5.74, 6) is 0.793. The van der Waals surface area contributed by atoms with Crippen LogP contribution in [0.3, 0.4) is 0 Å². The summed E-state index contributed by atoms with van der Waals surface area (Å²) in [5, 5.41) is 2.78. The van der Waals surface area contributed by atoms with Gasteiger partial charge in [0.05, 0.1) is 20.3 Å². The molecule has 0 aromatic heterocycles. The van der Waals surface area contributed by atoms with Gasteiger partial charge in [0.25, 0.3) is 5.91 Å². The topological polar surface area (TPSA) is 60.0 Å². The quantitative estimate of drug-likeness (QED) is 0.771. The SMILES string of the molecule is COc1cc(C(=S)N2CCOCC2)ccc1OCC(=O)Nc1ccccc1. The number of nitrogens with zero attached hydrogens (tertiary/aromatic N) is 1. The van der Waals surface area contributed by atoms with Gasteiger partial charge in [0, 0.05) is 24.3 Å². The van der Waals surface area contributed by atoms with E-state index in [9.17, 15) is 4.79 Å². The van der Waals surface area contributed by atoms with Crippen molar-refractivity contribution >= 4 is 28.8 Å². The number of amides is 1. The molecule has 2 aromatic carbocycles. The molecule has 1 aliphatic heterocycles. The standard InChI is InChI=1S/C20H22N2O4S/c1-24-18-13-15(20(27)22-9-11-25-12-10-22)7-8-17(18)26-14-19(23)21-16-5-3-2-4-6-16/h2-8,13H,9-12,14H2,1H3,(H,21,23). The number of carbonyl (C=O) groups excluding carboxylic acids is 1. The number of thiocarbonyl (C=S) groups is 1. The Morgan fingerprint density at radius 3 is 2.59 bits per heavy atom. The minimum atomic E-state index is -0.240. The lowest BCUT2D eigenvalue weighted by atomic mass is 10.1. The van der Waals surface area contributed by atoms with Gasteiger partial charge in [-0.2, -0.15) is 0 Å². The van der Waals surface area contributed by atoms with Crippen molar-refractivity contribution in [3.63, 3.8) is 0 Å². The first-order valence-corrected chi connectivity index (χ1v) is 9.11. The normalized spacial score (nSPS) is 13.7. The first-order chi connectivity index (χ1) is 13.2. The molecule has 142 valence electrons. The van der Waals surface area contributed by atoms with E-state index < -0.39 is 0 Å². The summed E-state index contributed by atoms with van der Waals surface area (Å²) in [5.41, 5.74) is 1.61. The van der Waals surface area contributed by atoms with Crippen molar-refractivity contribution in [2.75, 3.05) is 45.3 Å². The molecular formula is C20H22N2O4S. The van der Waals surface area contributed by atoms with Gasteiger partial charge in [0.2, 0.25) is 0 Å². The molecule has 0 spiro atoms. The van der Waals surface area contributed by atoms with E-state index in [1.807, 2.05) is 42.5 Å². The number of morpholine rings is 1. The smallest absolute Gasteiger partial charge is 0.262 e. The number of para-hydroxylation sites is 1. The number of carbonyl (C=O) groups is 1. The fraction of sp³-hybridized carbons (Fsp3) is 0.300. The molecule has 1 N–H and O–H groups in total. The molecule has 2 aromatic rings. The van der Waals surface area contributed by atoms with Crippen LogP contribution in [-0.2, 0) is 9.53 Å². The second-order valence-electron chi connectivity index (χ2n) is 5.97. The summed E-state index contributed by atoms with van der Waals surface area (Å²) in [6.07, 6.45) is 0. The van der Waals surface area contributed by atoms with Crippen molar-refractivity contribution in [2.45, 2.75) is 0 Å². The van der Waals surface area contributed by atoms with Gasteiger partial charge in [-0.1, -0.05) is 30.4 Å². The number of methoxy groups -OCH3 is 1. The highest BCUT2D eigenvalue weighted by Crippen LogP contribution is 2.29. The molecular weight excluding hydrogens is 364 g/mol. The zero-order chi connectivity index (χ0) is 19.1. The highest BCUT2D eigenvalue weighted by atomic mass is 32.1. The van der Waals surface area contributed by atoms with Crippen LogP contribution in [0.4, 0.5) is 5.69 Å². The Labute approximate surface area is 164 Å². The van der Waals surface area contributed by atoms with E-state index in [-0.39, 0.29) is 12.5 Å². The Bertz CT molecular complexity index is 792. The Hall–Kier alpha value is -2.64. The molecule has 3 rings (SSSR count). The molecule has 27 heavy (non-hydrogen) atoms. The monoisotopic (exact) mass is 386 g/mol. The van der Waals surface area contributed by atoms with Crippen molar-refractivity contribution in [3.05, 3.63) is 54.1 Å². The van der Waals surface area contributed by atoms with E-state index in [1.54, 1.807) is 13.2 Å². The summed E-state index contributed by atoms with van der Waals surface area (Å²) in [6, 6.07) is 14.7. The van der Waals surface area contributed by atoms with Crippen LogP contribution in [0.1, 0.15) is 5.56 Å². The second-order valence-corrected chi connectivity index (χ2v) is 6.36. The van der Waals surface area contributed by atoms with Crippen LogP contribution in [0.5, 0.6) is 11.5 Å². The molecule has 0 radical (unpaired) electrons. The molecule has 0 unspecified atom stereocenters. The molecule has 0 bridgehead atoms. The van der Waals surface area contributed by atoms with Gasteiger partial charge in [0.15, 0.2) is 18.1 Å². The predicted molar refractivity (Wildman–Crippen MR) is 108 cm³/mol. The number of rotatable bonds is 6. The summed E-state index contributed by atoms with van der Waals surface area (Å²) in [4.78, 5) is 14.9. The van der Waals surface area contributed by atoms with Crippen LogP contribution in [0, 0.1) is 0 Å². The first kappa shape index (κ1) is 19.1. The van der Waals surface area contributed by atoms with E-state index >= 15 is 0 Å². The minimum Gasteiger partial charge on any atom is -0.493 e. The maximum Gasteiger partial charge on any atom is 0.262 e. The maximum atomic E-state index is 12.1. The van der Waals surface area contributed by atoms with Gasteiger partial charge in [-0.3, -0.25) is 4.79 Å². The van der Waals surface area contributed by atoms with E-state index in [0.717, 1.165) is 29.3 Å². The number of anilines is 1. The summed E-state index contributed by atoms with van der Waals surface area (Å²) in [6.45, 7) is 2.79. The minimum absolute atomic E-state index is 0.113. The second kappa shape index (κ2) is 9.34. The molecule has 0 aliphatic carbocycles. The van der Waals surface area contributed by atoms with Gasteiger partial charge < -0.3 is 24.4 Å². The largest absolute Gasteiger partial charge is 0.493 e. The van der Waals surface area contributed by atoms with Crippen molar-refractivity contribution in [3.8, 4) is 11.5 Å². The summed E-state index contributed by atoms with van der Waals surface area (Å²) in [7, 11) is 1.56. The Balaban J connectivity index is 1.62. The van der Waals surface area contributed by atoms with Gasteiger partial charge >= 0.3 is 0 Å². The molecule has 1 aliphatic rings. The lowest BCUT2D eigenvalue weighted by molar-refractivity contribution is -0.118. The molecule has 0 saturated carbocycles. The van der Waals surface area contributed by atoms with Crippen molar-refractivity contribution in [2.24, 2.45) is 0 Å². The number of hydrogen-bond donors (Lipinski definition) is 1. The van der Waals surface area contributed by atoms with Crippen LogP contribution >= 0.6 is 12.2 Å². The van der Waals surface area contributed by atoms with E-state index in [4.69, 9.17) is 26.4 Å². The fourth-order valence-corrected chi connectivity index (χ4v) is 3.04. The third-order valence-electron chi connectivity index (χ3n) is 4.13. The molecule has 6 nitrogen and oxygen atoms in total. The predicted octanol–water partition coefficient (Wildman–Crippen LogP) is 2.72. The Morgan fingerprint density at radius 2 is 1.89 bits per heavy atom. The van der Waals surface area contributed by atoms with Crippen molar-refractivity contribution in [1.29, 1.82) is 0 Å². The van der Waals surface area contributed by atoms with Gasteiger partial charge in [-0.25, -0.2) is 0 Å². The number of ether oxygens (including phenoxy) is 3. The van der Waals surface area contributed by atoms with Gasteiger partial charge in [0.1, 0.15) is 4.99 Å². The van der Waals surface area contributed by atoms with Crippen LogP contribution < -0.4 is 14.8 Å². The average molecular weight is 386 g/mol. The third-order valence-corrected chi connectivity index (χ3v) is 4.62. The highest BCUT2D eigenvalue weighted by molar-refractivity contribution is 7.80. The van der Waals surface area contributed by atoms with Crippen LogP contribution in [-0.4, -0.2) is 55.8 Å². The number of benzene rings is 2.